The van der Waals surface area contributed by atoms with Gasteiger partial charge in [0.2, 0.25) is 0 Å². The SMILES string of the molecule is COC(=O)CCNc1c(Cl)cc(N)cc1Cl. The third-order valence-corrected chi connectivity index (χ3v) is 2.52. The lowest BCUT2D eigenvalue weighted by molar-refractivity contribution is -0.140. The fourth-order valence-corrected chi connectivity index (χ4v) is 1.79. The highest BCUT2D eigenvalue weighted by Crippen LogP contribution is 2.32. The maximum absolute atomic E-state index is 10.9. The van der Waals surface area contributed by atoms with Crippen molar-refractivity contribution in [1.82, 2.24) is 0 Å². The molecular weight excluding hydrogens is 251 g/mol. The number of ether oxygens (including phenoxy) is 1. The summed E-state index contributed by atoms with van der Waals surface area (Å²) in [6.07, 6.45) is 0.244. The van der Waals surface area contributed by atoms with Gasteiger partial charge in [0.15, 0.2) is 0 Å². The Morgan fingerprint density at radius 3 is 2.50 bits per heavy atom. The van der Waals surface area contributed by atoms with Crippen LogP contribution in [-0.2, 0) is 9.53 Å². The predicted molar refractivity (Wildman–Crippen MR) is 66.0 cm³/mol. The molecule has 0 aliphatic carbocycles. The molecule has 0 aliphatic heterocycles. The third kappa shape index (κ3) is 3.47. The second-order valence-corrected chi connectivity index (χ2v) is 3.93. The first kappa shape index (κ1) is 12.9. The van der Waals surface area contributed by atoms with Gasteiger partial charge in [0.25, 0.3) is 0 Å². The average molecular weight is 263 g/mol. The van der Waals surface area contributed by atoms with Crippen molar-refractivity contribution in [2.45, 2.75) is 6.42 Å². The Morgan fingerprint density at radius 2 is 2.00 bits per heavy atom. The van der Waals surface area contributed by atoms with Gasteiger partial charge in [-0.1, -0.05) is 23.2 Å². The van der Waals surface area contributed by atoms with E-state index in [2.05, 4.69) is 10.1 Å². The Morgan fingerprint density at radius 1 is 1.44 bits per heavy atom. The highest BCUT2D eigenvalue weighted by molar-refractivity contribution is 6.39. The van der Waals surface area contributed by atoms with Gasteiger partial charge in [-0.2, -0.15) is 0 Å². The van der Waals surface area contributed by atoms with Crippen molar-refractivity contribution < 1.29 is 9.53 Å². The quantitative estimate of drug-likeness (QED) is 0.647. The van der Waals surface area contributed by atoms with Gasteiger partial charge in [-0.25, -0.2) is 0 Å². The number of carbonyl (C=O) groups excluding carboxylic acids is 1. The molecule has 0 bridgehead atoms. The third-order valence-electron chi connectivity index (χ3n) is 1.92. The van der Waals surface area contributed by atoms with Crippen LogP contribution in [0.15, 0.2) is 12.1 Å². The average Bonchev–Trinajstić information content (AvgIpc) is 2.21. The van der Waals surface area contributed by atoms with E-state index in [1.54, 1.807) is 12.1 Å². The molecule has 4 nitrogen and oxygen atoms in total. The van der Waals surface area contributed by atoms with Crippen LogP contribution in [0.25, 0.3) is 0 Å². The summed E-state index contributed by atoms with van der Waals surface area (Å²) in [6, 6.07) is 3.18. The van der Waals surface area contributed by atoms with Crippen molar-refractivity contribution >= 4 is 40.5 Å². The van der Waals surface area contributed by atoms with Crippen LogP contribution in [-0.4, -0.2) is 19.6 Å². The van der Waals surface area contributed by atoms with Gasteiger partial charge in [-0.15, -0.1) is 0 Å². The van der Waals surface area contributed by atoms with Crippen molar-refractivity contribution in [2.75, 3.05) is 24.7 Å². The molecule has 16 heavy (non-hydrogen) atoms. The Bertz CT molecular complexity index is 373. The summed E-state index contributed by atoms with van der Waals surface area (Å²) >= 11 is 11.9. The van der Waals surface area contributed by atoms with E-state index in [4.69, 9.17) is 28.9 Å². The number of benzene rings is 1. The molecular formula is C10H12Cl2N2O2. The van der Waals surface area contributed by atoms with E-state index < -0.39 is 0 Å². The molecule has 0 fully saturated rings. The van der Waals surface area contributed by atoms with E-state index in [9.17, 15) is 4.79 Å². The van der Waals surface area contributed by atoms with Crippen LogP contribution in [0.3, 0.4) is 0 Å². The zero-order chi connectivity index (χ0) is 12.1. The summed E-state index contributed by atoms with van der Waals surface area (Å²) in [5.74, 6) is -0.296. The largest absolute Gasteiger partial charge is 0.469 e. The van der Waals surface area contributed by atoms with E-state index in [1.807, 2.05) is 0 Å². The lowest BCUT2D eigenvalue weighted by Crippen LogP contribution is -2.10. The molecule has 0 saturated carbocycles. The maximum atomic E-state index is 10.9. The monoisotopic (exact) mass is 262 g/mol. The number of nitrogen functional groups attached to an aromatic ring is 1. The molecule has 6 heteroatoms. The number of carbonyl (C=O) groups is 1. The highest BCUT2D eigenvalue weighted by atomic mass is 35.5. The molecule has 0 aliphatic rings. The summed E-state index contributed by atoms with van der Waals surface area (Å²) in [5.41, 5.74) is 6.62. The van der Waals surface area contributed by atoms with Crippen LogP contribution in [0.1, 0.15) is 6.42 Å². The van der Waals surface area contributed by atoms with Crippen LogP contribution in [0.4, 0.5) is 11.4 Å². The van der Waals surface area contributed by atoms with E-state index in [-0.39, 0.29) is 12.4 Å². The Labute approximate surface area is 104 Å². The standard InChI is InChI=1S/C10H12Cl2N2O2/c1-16-9(15)2-3-14-10-7(11)4-6(13)5-8(10)12/h4-5,14H,2-3,13H2,1H3. The van der Waals surface area contributed by atoms with Crippen molar-refractivity contribution in [3.05, 3.63) is 22.2 Å². The maximum Gasteiger partial charge on any atom is 0.307 e. The van der Waals surface area contributed by atoms with Crippen molar-refractivity contribution in [3.63, 3.8) is 0 Å². The molecule has 0 spiro atoms. The molecule has 0 atom stereocenters. The highest BCUT2D eigenvalue weighted by Gasteiger charge is 2.07. The molecule has 0 radical (unpaired) electrons. The number of anilines is 2. The lowest BCUT2D eigenvalue weighted by atomic mass is 10.2. The summed E-state index contributed by atoms with van der Waals surface area (Å²) in [4.78, 5) is 10.9. The smallest absolute Gasteiger partial charge is 0.307 e. The number of halogens is 2. The summed E-state index contributed by atoms with van der Waals surface area (Å²) in [6.45, 7) is 0.399. The molecule has 1 aromatic carbocycles. The van der Waals surface area contributed by atoms with Crippen LogP contribution >= 0.6 is 23.2 Å². The van der Waals surface area contributed by atoms with Gasteiger partial charge < -0.3 is 15.8 Å². The van der Waals surface area contributed by atoms with Crippen LogP contribution in [0, 0.1) is 0 Å². The first-order valence-electron chi connectivity index (χ1n) is 4.59. The number of esters is 1. The number of hydrogen-bond acceptors (Lipinski definition) is 4. The molecule has 1 rings (SSSR count). The second-order valence-electron chi connectivity index (χ2n) is 3.11. The molecule has 88 valence electrons. The van der Waals surface area contributed by atoms with Crippen LogP contribution in [0.5, 0.6) is 0 Å². The van der Waals surface area contributed by atoms with Gasteiger partial charge in [0.05, 0.1) is 29.3 Å². The van der Waals surface area contributed by atoms with Crippen molar-refractivity contribution in [3.8, 4) is 0 Å². The van der Waals surface area contributed by atoms with Gasteiger partial charge in [-0.3, -0.25) is 4.79 Å². The Balaban J connectivity index is 2.64. The van der Waals surface area contributed by atoms with E-state index in [0.717, 1.165) is 0 Å². The Kier molecular flexibility index (Phi) is 4.71. The number of hydrogen-bond donors (Lipinski definition) is 2. The van der Waals surface area contributed by atoms with E-state index in [1.165, 1.54) is 7.11 Å². The van der Waals surface area contributed by atoms with Crippen LogP contribution in [0.2, 0.25) is 10.0 Å². The second kappa shape index (κ2) is 5.82. The normalized spacial score (nSPS) is 9.94. The minimum atomic E-state index is -0.296. The predicted octanol–water partition coefficient (Wildman–Crippen LogP) is 2.55. The lowest BCUT2D eigenvalue weighted by Gasteiger charge is -2.10. The van der Waals surface area contributed by atoms with Gasteiger partial charge in [0.1, 0.15) is 0 Å². The van der Waals surface area contributed by atoms with Crippen molar-refractivity contribution in [2.24, 2.45) is 0 Å². The molecule has 0 saturated heterocycles. The molecule has 1 aromatic rings. The van der Waals surface area contributed by atoms with Gasteiger partial charge in [-0.05, 0) is 12.1 Å². The van der Waals surface area contributed by atoms with Crippen LogP contribution < -0.4 is 11.1 Å². The fraction of sp³-hybridized carbons (Fsp3) is 0.300. The first-order chi connectivity index (χ1) is 7.54. The summed E-state index contributed by atoms with van der Waals surface area (Å²) in [7, 11) is 1.34. The Hall–Kier alpha value is -1.13. The molecule has 0 amide bonds. The number of rotatable bonds is 4. The molecule has 0 heterocycles. The summed E-state index contributed by atoms with van der Waals surface area (Å²) in [5, 5.41) is 3.80. The number of methoxy groups -OCH3 is 1. The molecule has 0 aromatic heterocycles. The number of nitrogens with one attached hydrogen (secondary N) is 1. The molecule has 3 N–H and O–H groups in total. The zero-order valence-corrected chi connectivity index (χ0v) is 10.2. The van der Waals surface area contributed by atoms with E-state index in [0.29, 0.717) is 28.0 Å². The van der Waals surface area contributed by atoms with E-state index >= 15 is 0 Å². The minimum Gasteiger partial charge on any atom is -0.469 e. The zero-order valence-electron chi connectivity index (χ0n) is 8.72. The summed E-state index contributed by atoms with van der Waals surface area (Å²) < 4.78 is 4.50. The van der Waals surface area contributed by atoms with Crippen molar-refractivity contribution in [1.29, 1.82) is 0 Å². The first-order valence-corrected chi connectivity index (χ1v) is 5.35. The number of nitrogens with two attached hydrogens (primary N) is 1. The fourth-order valence-electron chi connectivity index (χ4n) is 1.15. The molecule has 0 unspecified atom stereocenters. The van der Waals surface area contributed by atoms with Gasteiger partial charge in [0, 0.05) is 12.2 Å². The van der Waals surface area contributed by atoms with Gasteiger partial charge >= 0.3 is 5.97 Å². The minimum absolute atomic E-state index is 0.244. The topological polar surface area (TPSA) is 64.3 Å².